The molecule has 0 spiro atoms. The van der Waals surface area contributed by atoms with Crippen LogP contribution < -0.4 is 11.1 Å². The summed E-state index contributed by atoms with van der Waals surface area (Å²) in [5.74, 6) is -0.432. The number of hydrogen-bond donors (Lipinski definition) is 3. The number of carbonyl (C=O) groups is 2. The summed E-state index contributed by atoms with van der Waals surface area (Å²) in [5, 5.41) is 11.0. The second-order valence-electron chi connectivity index (χ2n) is 5.31. The van der Waals surface area contributed by atoms with E-state index in [9.17, 15) is 9.59 Å². The molecule has 0 fully saturated rings. The molecule has 2 rings (SSSR count). The van der Waals surface area contributed by atoms with Gasteiger partial charge in [0.1, 0.15) is 0 Å². The number of carbonyl (C=O) groups excluding carboxylic acids is 2. The molecule has 1 amide bonds. The highest BCUT2D eigenvalue weighted by molar-refractivity contribution is 6.14. The molecule has 0 radical (unpaired) electrons. The number of rotatable bonds is 6. The summed E-state index contributed by atoms with van der Waals surface area (Å²) in [4.78, 5) is 23.6. The van der Waals surface area contributed by atoms with Gasteiger partial charge in [-0.05, 0) is 35.9 Å². The van der Waals surface area contributed by atoms with E-state index in [0.29, 0.717) is 27.9 Å². The zero-order chi connectivity index (χ0) is 17.7. The van der Waals surface area contributed by atoms with Crippen molar-refractivity contribution in [2.75, 3.05) is 12.8 Å². The number of anilines is 1. The largest absolute Gasteiger partial charge is 0.398 e. The highest BCUT2D eigenvalue weighted by atomic mass is 16.1. The molecule has 0 bridgehead atoms. The first kappa shape index (κ1) is 17.1. The topological polar surface area (TPSA) is 96.0 Å². The first-order valence-electron chi connectivity index (χ1n) is 7.41. The molecule has 5 heteroatoms. The first-order valence-corrected chi connectivity index (χ1v) is 7.41. The standard InChI is InChI=1S/C19H19N3O2/c1-3-15(23)10-12-8-13(11-14(9-12)19(24)22-2)18(21)16-6-4-5-7-17(16)20/h3-9,11,21H,1,10,20H2,2H3,(H,22,24). The Morgan fingerprint density at radius 3 is 2.50 bits per heavy atom. The van der Waals surface area contributed by atoms with E-state index in [1.54, 1.807) is 42.5 Å². The van der Waals surface area contributed by atoms with Crippen LogP contribution in [0.25, 0.3) is 0 Å². The summed E-state index contributed by atoms with van der Waals surface area (Å²) >= 11 is 0. The van der Waals surface area contributed by atoms with E-state index in [2.05, 4.69) is 11.9 Å². The molecule has 2 aromatic rings. The summed E-state index contributed by atoms with van der Waals surface area (Å²) in [7, 11) is 1.53. The van der Waals surface area contributed by atoms with Crippen molar-refractivity contribution in [1.82, 2.24) is 5.32 Å². The van der Waals surface area contributed by atoms with E-state index < -0.39 is 0 Å². The number of nitrogen functional groups attached to an aromatic ring is 1. The van der Waals surface area contributed by atoms with Crippen LogP contribution in [0, 0.1) is 5.41 Å². The van der Waals surface area contributed by atoms with Crippen molar-refractivity contribution in [1.29, 1.82) is 5.41 Å². The Bertz CT molecular complexity index is 825. The van der Waals surface area contributed by atoms with Gasteiger partial charge in [0.15, 0.2) is 5.78 Å². The minimum Gasteiger partial charge on any atom is -0.398 e. The third-order valence-corrected chi connectivity index (χ3v) is 3.61. The Balaban J connectivity index is 2.51. The Labute approximate surface area is 140 Å². The van der Waals surface area contributed by atoms with Crippen LogP contribution in [0.1, 0.15) is 27.0 Å². The van der Waals surface area contributed by atoms with Crippen molar-refractivity contribution in [3.8, 4) is 0 Å². The first-order chi connectivity index (χ1) is 11.5. The number of benzene rings is 2. The van der Waals surface area contributed by atoms with Crippen LogP contribution in [0.4, 0.5) is 5.69 Å². The van der Waals surface area contributed by atoms with Crippen molar-refractivity contribution in [3.05, 3.63) is 77.4 Å². The quantitative estimate of drug-likeness (QED) is 0.433. The van der Waals surface area contributed by atoms with E-state index in [0.717, 1.165) is 0 Å². The molecule has 0 heterocycles. The summed E-state index contributed by atoms with van der Waals surface area (Å²) in [5.41, 5.74) is 8.76. The minimum atomic E-state index is -0.280. The molecule has 0 atom stereocenters. The Morgan fingerprint density at radius 2 is 1.88 bits per heavy atom. The molecule has 0 aliphatic heterocycles. The molecule has 4 N–H and O–H groups in total. The van der Waals surface area contributed by atoms with E-state index in [4.69, 9.17) is 11.1 Å². The lowest BCUT2D eigenvalue weighted by molar-refractivity contribution is -0.114. The monoisotopic (exact) mass is 321 g/mol. The van der Waals surface area contributed by atoms with Gasteiger partial charge < -0.3 is 11.1 Å². The van der Waals surface area contributed by atoms with Crippen molar-refractivity contribution in [3.63, 3.8) is 0 Å². The highest BCUT2D eigenvalue weighted by Gasteiger charge is 2.14. The molecule has 0 aliphatic rings. The third-order valence-electron chi connectivity index (χ3n) is 3.61. The third kappa shape index (κ3) is 3.76. The fraction of sp³-hybridized carbons (Fsp3) is 0.105. The van der Waals surface area contributed by atoms with Gasteiger partial charge in [-0.25, -0.2) is 0 Å². The molecule has 0 aliphatic carbocycles. The normalized spacial score (nSPS) is 10.0. The smallest absolute Gasteiger partial charge is 0.251 e. The van der Waals surface area contributed by atoms with E-state index in [1.165, 1.54) is 13.1 Å². The van der Waals surface area contributed by atoms with Crippen molar-refractivity contribution >= 4 is 23.1 Å². The van der Waals surface area contributed by atoms with Crippen LogP contribution in [0.15, 0.2) is 55.1 Å². The summed E-state index contributed by atoms with van der Waals surface area (Å²) in [6.07, 6.45) is 1.37. The summed E-state index contributed by atoms with van der Waals surface area (Å²) < 4.78 is 0. The predicted octanol–water partition coefficient (Wildman–Crippen LogP) is 2.34. The van der Waals surface area contributed by atoms with Crippen LogP contribution in [0.3, 0.4) is 0 Å². The summed E-state index contributed by atoms with van der Waals surface area (Å²) in [6, 6.07) is 12.0. The number of allylic oxidation sites excluding steroid dienone is 1. The molecule has 2 aromatic carbocycles. The van der Waals surface area contributed by atoms with Gasteiger partial charge in [-0.1, -0.05) is 24.8 Å². The molecule has 24 heavy (non-hydrogen) atoms. The number of hydrogen-bond acceptors (Lipinski definition) is 4. The van der Waals surface area contributed by atoms with Crippen LogP contribution in [0.2, 0.25) is 0 Å². The molecule has 0 aromatic heterocycles. The number of amides is 1. The Kier molecular flexibility index (Phi) is 5.27. The zero-order valence-corrected chi connectivity index (χ0v) is 13.4. The van der Waals surface area contributed by atoms with Gasteiger partial charge in [0.25, 0.3) is 5.91 Å². The van der Waals surface area contributed by atoms with Gasteiger partial charge in [-0.15, -0.1) is 0 Å². The fourth-order valence-corrected chi connectivity index (χ4v) is 2.37. The van der Waals surface area contributed by atoms with Crippen LogP contribution >= 0.6 is 0 Å². The molecular formula is C19H19N3O2. The maximum absolute atomic E-state index is 12.0. The van der Waals surface area contributed by atoms with Gasteiger partial charge >= 0.3 is 0 Å². The maximum atomic E-state index is 12.0. The molecule has 0 unspecified atom stereocenters. The molecular weight excluding hydrogens is 302 g/mol. The number of nitrogens with one attached hydrogen (secondary N) is 2. The van der Waals surface area contributed by atoms with E-state index in [1.807, 2.05) is 0 Å². The average Bonchev–Trinajstić information content (AvgIpc) is 2.60. The van der Waals surface area contributed by atoms with E-state index >= 15 is 0 Å². The lowest BCUT2D eigenvalue weighted by Gasteiger charge is -2.11. The van der Waals surface area contributed by atoms with Crippen molar-refractivity contribution < 1.29 is 9.59 Å². The number of para-hydroxylation sites is 1. The second-order valence-corrected chi connectivity index (χ2v) is 5.31. The minimum absolute atomic E-state index is 0.124. The van der Waals surface area contributed by atoms with Gasteiger partial charge in [0.05, 0.1) is 5.71 Å². The predicted molar refractivity (Wildman–Crippen MR) is 95.5 cm³/mol. The molecule has 122 valence electrons. The SMILES string of the molecule is C=CC(=O)Cc1cc(C(=N)c2ccccc2N)cc(C(=O)NC)c1. The van der Waals surface area contributed by atoms with E-state index in [-0.39, 0.29) is 23.8 Å². The van der Waals surface area contributed by atoms with Crippen LogP contribution in [-0.4, -0.2) is 24.4 Å². The lowest BCUT2D eigenvalue weighted by atomic mass is 9.95. The van der Waals surface area contributed by atoms with Gasteiger partial charge in [-0.2, -0.15) is 0 Å². The molecule has 0 saturated heterocycles. The Morgan fingerprint density at radius 1 is 1.21 bits per heavy atom. The van der Waals surface area contributed by atoms with Crippen molar-refractivity contribution in [2.45, 2.75) is 6.42 Å². The summed E-state index contributed by atoms with van der Waals surface area (Å²) in [6.45, 7) is 3.46. The second kappa shape index (κ2) is 7.37. The van der Waals surface area contributed by atoms with Crippen LogP contribution in [-0.2, 0) is 11.2 Å². The highest BCUT2D eigenvalue weighted by Crippen LogP contribution is 2.19. The zero-order valence-electron chi connectivity index (χ0n) is 13.4. The molecule has 5 nitrogen and oxygen atoms in total. The molecule has 0 saturated carbocycles. The number of ketones is 1. The van der Waals surface area contributed by atoms with Crippen LogP contribution in [0.5, 0.6) is 0 Å². The lowest BCUT2D eigenvalue weighted by Crippen LogP contribution is -2.19. The van der Waals surface area contributed by atoms with Crippen molar-refractivity contribution in [2.24, 2.45) is 0 Å². The average molecular weight is 321 g/mol. The maximum Gasteiger partial charge on any atom is 0.251 e. The van der Waals surface area contributed by atoms with Gasteiger partial charge in [0, 0.05) is 35.8 Å². The Hall–Kier alpha value is -3.21. The van der Waals surface area contributed by atoms with Gasteiger partial charge in [-0.3, -0.25) is 15.0 Å². The van der Waals surface area contributed by atoms with Gasteiger partial charge in [0.2, 0.25) is 0 Å². The fourth-order valence-electron chi connectivity index (χ4n) is 2.37. The number of nitrogens with two attached hydrogens (primary N) is 1.